The van der Waals surface area contributed by atoms with E-state index in [-0.39, 0.29) is 12.3 Å². The molecule has 6 nitrogen and oxygen atoms in total. The van der Waals surface area contributed by atoms with Crippen LogP contribution in [0.25, 0.3) is 6.08 Å². The quantitative estimate of drug-likeness (QED) is 0.699. The number of ether oxygens (including phenoxy) is 1. The second-order valence-electron chi connectivity index (χ2n) is 6.95. The van der Waals surface area contributed by atoms with Gasteiger partial charge in [0.2, 0.25) is 15.9 Å². The van der Waals surface area contributed by atoms with Gasteiger partial charge in [0, 0.05) is 31.6 Å². The zero-order chi connectivity index (χ0) is 20.7. The molecule has 0 aliphatic carbocycles. The van der Waals surface area contributed by atoms with Gasteiger partial charge in [0.1, 0.15) is 5.75 Å². The molecular weight excluding hydrogens is 388 g/mol. The summed E-state index contributed by atoms with van der Waals surface area (Å²) in [5, 5.41) is 1.23. The van der Waals surface area contributed by atoms with Crippen LogP contribution in [0.2, 0.25) is 0 Å². The monoisotopic (exact) mass is 414 g/mol. The number of sulfonamides is 1. The molecule has 1 heterocycles. The SMILES string of the molecule is Cc1ccc(OCCC(=O)N2CCN(S(=O)(=O)/C=C/c3ccccc3)CC2)cc1. The third kappa shape index (κ3) is 6.17. The van der Waals surface area contributed by atoms with E-state index in [2.05, 4.69) is 0 Å². The predicted molar refractivity (Wildman–Crippen MR) is 114 cm³/mol. The van der Waals surface area contributed by atoms with Crippen molar-refractivity contribution in [3.8, 4) is 5.75 Å². The molecule has 1 saturated heterocycles. The molecule has 154 valence electrons. The Morgan fingerprint density at radius 3 is 2.31 bits per heavy atom. The van der Waals surface area contributed by atoms with Gasteiger partial charge in [0.15, 0.2) is 0 Å². The van der Waals surface area contributed by atoms with Gasteiger partial charge in [-0.1, -0.05) is 48.0 Å². The number of amides is 1. The molecule has 3 rings (SSSR count). The minimum atomic E-state index is -3.50. The first-order valence-corrected chi connectivity index (χ1v) is 11.1. The number of piperazine rings is 1. The van der Waals surface area contributed by atoms with E-state index in [1.54, 1.807) is 11.0 Å². The molecule has 0 atom stereocenters. The number of aryl methyl sites for hydroxylation is 1. The standard InChI is InChI=1S/C22H26N2O4S/c1-19-7-9-21(10-8-19)28-17-11-22(25)23-13-15-24(16-14-23)29(26,27)18-12-20-5-3-2-4-6-20/h2-10,12,18H,11,13-17H2,1H3/b18-12+. The Kier molecular flexibility index (Phi) is 7.06. The number of rotatable bonds is 7. The second kappa shape index (κ2) is 9.71. The average Bonchev–Trinajstić information content (AvgIpc) is 2.74. The third-order valence-electron chi connectivity index (χ3n) is 4.79. The van der Waals surface area contributed by atoms with Crippen molar-refractivity contribution in [1.82, 2.24) is 9.21 Å². The van der Waals surface area contributed by atoms with Crippen molar-refractivity contribution in [3.63, 3.8) is 0 Å². The van der Waals surface area contributed by atoms with E-state index in [9.17, 15) is 13.2 Å². The molecule has 2 aromatic rings. The maximum absolute atomic E-state index is 12.5. The lowest BCUT2D eigenvalue weighted by molar-refractivity contribution is -0.132. The van der Waals surface area contributed by atoms with E-state index in [0.29, 0.717) is 32.8 Å². The Morgan fingerprint density at radius 2 is 1.66 bits per heavy atom. The van der Waals surface area contributed by atoms with Gasteiger partial charge in [-0.3, -0.25) is 4.79 Å². The fourth-order valence-corrected chi connectivity index (χ4v) is 4.23. The molecule has 1 aliphatic rings. The molecule has 1 aliphatic heterocycles. The van der Waals surface area contributed by atoms with Crippen molar-refractivity contribution >= 4 is 22.0 Å². The van der Waals surface area contributed by atoms with Gasteiger partial charge in [-0.15, -0.1) is 0 Å². The summed E-state index contributed by atoms with van der Waals surface area (Å²) < 4.78 is 32.0. The molecule has 0 bridgehead atoms. The van der Waals surface area contributed by atoms with Crippen LogP contribution in [-0.4, -0.2) is 56.3 Å². The van der Waals surface area contributed by atoms with Crippen LogP contribution in [0.5, 0.6) is 5.75 Å². The summed E-state index contributed by atoms with van der Waals surface area (Å²) in [7, 11) is -3.50. The topological polar surface area (TPSA) is 66.9 Å². The first kappa shape index (κ1) is 21.1. The molecule has 0 spiro atoms. The van der Waals surface area contributed by atoms with Gasteiger partial charge in [0.05, 0.1) is 13.0 Å². The van der Waals surface area contributed by atoms with E-state index < -0.39 is 10.0 Å². The molecule has 1 fully saturated rings. The summed E-state index contributed by atoms with van der Waals surface area (Å²) in [6.45, 7) is 3.69. The maximum Gasteiger partial charge on any atom is 0.236 e. The molecule has 29 heavy (non-hydrogen) atoms. The van der Waals surface area contributed by atoms with Crippen LogP contribution in [0.4, 0.5) is 0 Å². The van der Waals surface area contributed by atoms with Crippen LogP contribution in [0.1, 0.15) is 17.5 Å². The molecule has 1 amide bonds. The molecule has 7 heteroatoms. The number of carbonyl (C=O) groups excluding carboxylic acids is 1. The van der Waals surface area contributed by atoms with Gasteiger partial charge < -0.3 is 9.64 Å². The van der Waals surface area contributed by atoms with Crippen molar-refractivity contribution in [2.45, 2.75) is 13.3 Å². The van der Waals surface area contributed by atoms with E-state index in [1.807, 2.05) is 61.5 Å². The number of hydrogen-bond donors (Lipinski definition) is 0. The largest absolute Gasteiger partial charge is 0.493 e. The van der Waals surface area contributed by atoms with Gasteiger partial charge in [0.25, 0.3) is 0 Å². The van der Waals surface area contributed by atoms with E-state index in [1.165, 1.54) is 9.71 Å². The first-order valence-electron chi connectivity index (χ1n) is 9.64. The highest BCUT2D eigenvalue weighted by atomic mass is 32.2. The molecular formula is C22H26N2O4S. The number of hydrogen-bond acceptors (Lipinski definition) is 4. The first-order chi connectivity index (χ1) is 13.9. The normalized spacial score (nSPS) is 15.6. The Hall–Kier alpha value is -2.64. The fraction of sp³-hybridized carbons (Fsp3) is 0.318. The van der Waals surface area contributed by atoms with Gasteiger partial charge in [-0.2, -0.15) is 4.31 Å². The van der Waals surface area contributed by atoms with Crippen molar-refractivity contribution < 1.29 is 17.9 Å². The van der Waals surface area contributed by atoms with Crippen molar-refractivity contribution in [1.29, 1.82) is 0 Å². The zero-order valence-corrected chi connectivity index (χ0v) is 17.3. The molecule has 0 unspecified atom stereocenters. The second-order valence-corrected chi connectivity index (χ2v) is 8.77. The molecule has 0 aromatic heterocycles. The average molecular weight is 415 g/mol. The third-order valence-corrected chi connectivity index (χ3v) is 6.35. The fourth-order valence-electron chi connectivity index (χ4n) is 3.06. The number of carbonyl (C=O) groups is 1. The van der Waals surface area contributed by atoms with E-state index >= 15 is 0 Å². The summed E-state index contributed by atoms with van der Waals surface area (Å²) >= 11 is 0. The lowest BCUT2D eigenvalue weighted by atomic mass is 10.2. The molecule has 0 saturated carbocycles. The summed E-state index contributed by atoms with van der Waals surface area (Å²) in [5.41, 5.74) is 1.98. The summed E-state index contributed by atoms with van der Waals surface area (Å²) in [6.07, 6.45) is 1.86. The molecule has 0 N–H and O–H groups in total. The predicted octanol–water partition coefficient (Wildman–Crippen LogP) is 2.91. The highest BCUT2D eigenvalue weighted by molar-refractivity contribution is 7.92. The van der Waals surface area contributed by atoms with Crippen LogP contribution < -0.4 is 4.74 Å². The van der Waals surface area contributed by atoms with Gasteiger partial charge >= 0.3 is 0 Å². The summed E-state index contributed by atoms with van der Waals surface area (Å²) in [4.78, 5) is 14.1. The van der Waals surface area contributed by atoms with E-state index in [4.69, 9.17) is 4.74 Å². The highest BCUT2D eigenvalue weighted by Gasteiger charge is 2.27. The van der Waals surface area contributed by atoms with E-state index in [0.717, 1.165) is 16.9 Å². The minimum Gasteiger partial charge on any atom is -0.493 e. The minimum absolute atomic E-state index is 0.0195. The van der Waals surface area contributed by atoms with Gasteiger partial charge in [-0.25, -0.2) is 8.42 Å². The lowest BCUT2D eigenvalue weighted by Gasteiger charge is -2.33. The van der Waals surface area contributed by atoms with Crippen LogP contribution in [0, 0.1) is 6.92 Å². The zero-order valence-electron chi connectivity index (χ0n) is 16.5. The van der Waals surface area contributed by atoms with Crippen LogP contribution in [0.3, 0.4) is 0 Å². The smallest absolute Gasteiger partial charge is 0.236 e. The Morgan fingerprint density at radius 1 is 1.00 bits per heavy atom. The van der Waals surface area contributed by atoms with Crippen molar-refractivity contribution in [3.05, 3.63) is 71.1 Å². The van der Waals surface area contributed by atoms with Crippen molar-refractivity contribution in [2.75, 3.05) is 32.8 Å². The van der Waals surface area contributed by atoms with Crippen LogP contribution in [-0.2, 0) is 14.8 Å². The molecule has 0 radical (unpaired) electrons. The van der Waals surface area contributed by atoms with Crippen molar-refractivity contribution in [2.24, 2.45) is 0 Å². The highest BCUT2D eigenvalue weighted by Crippen LogP contribution is 2.14. The summed E-state index contributed by atoms with van der Waals surface area (Å²) in [5.74, 6) is 0.721. The number of nitrogens with zero attached hydrogens (tertiary/aromatic N) is 2. The van der Waals surface area contributed by atoms with Crippen LogP contribution >= 0.6 is 0 Å². The molecule has 2 aromatic carbocycles. The Balaban J connectivity index is 1.44. The Labute approximate surface area is 172 Å². The Bertz CT molecular complexity index is 933. The van der Waals surface area contributed by atoms with Gasteiger partial charge in [-0.05, 0) is 30.7 Å². The number of benzene rings is 2. The lowest BCUT2D eigenvalue weighted by Crippen LogP contribution is -2.50. The summed E-state index contributed by atoms with van der Waals surface area (Å²) in [6, 6.07) is 17.0. The van der Waals surface area contributed by atoms with Crippen LogP contribution in [0.15, 0.2) is 60.0 Å². The maximum atomic E-state index is 12.5.